The number of nitrogens with zero attached hydrogens (tertiary/aromatic N) is 3. The third-order valence-electron chi connectivity index (χ3n) is 4.27. The number of aromatic nitrogens is 2. The molecule has 1 heterocycles. The fourth-order valence-corrected chi connectivity index (χ4v) is 3.03. The van der Waals surface area contributed by atoms with E-state index in [9.17, 15) is 9.59 Å². The summed E-state index contributed by atoms with van der Waals surface area (Å²) in [6.07, 6.45) is 0. The Morgan fingerprint density at radius 3 is 2.59 bits per heavy atom. The lowest BCUT2D eigenvalue weighted by atomic mass is 10.3. The van der Waals surface area contributed by atoms with E-state index in [0.717, 1.165) is 11.4 Å². The van der Waals surface area contributed by atoms with E-state index in [0.29, 0.717) is 16.5 Å². The van der Waals surface area contributed by atoms with Crippen LogP contribution in [0, 0.1) is 6.92 Å². The second kappa shape index (κ2) is 8.79. The SMILES string of the molecule is COc1ccc(Cl)cc1NC(=O)CN(C)C(=O)c1cc(C)n(-c2ccccc2)n1. The van der Waals surface area contributed by atoms with Crippen molar-refractivity contribution in [3.63, 3.8) is 0 Å². The van der Waals surface area contributed by atoms with E-state index >= 15 is 0 Å². The number of nitrogens with one attached hydrogen (secondary N) is 1. The van der Waals surface area contributed by atoms with E-state index in [1.807, 2.05) is 37.3 Å². The summed E-state index contributed by atoms with van der Waals surface area (Å²) in [5, 5.41) is 7.57. The molecule has 0 spiro atoms. The van der Waals surface area contributed by atoms with Gasteiger partial charge in [-0.05, 0) is 43.3 Å². The van der Waals surface area contributed by atoms with Crippen LogP contribution in [0.5, 0.6) is 5.75 Å². The number of benzene rings is 2. The number of ether oxygens (including phenoxy) is 1. The van der Waals surface area contributed by atoms with E-state index in [1.165, 1.54) is 12.0 Å². The van der Waals surface area contributed by atoms with Gasteiger partial charge in [0.05, 0.1) is 25.0 Å². The minimum absolute atomic E-state index is 0.147. The van der Waals surface area contributed by atoms with Gasteiger partial charge in [-0.25, -0.2) is 4.68 Å². The van der Waals surface area contributed by atoms with Gasteiger partial charge in [0.1, 0.15) is 5.75 Å². The van der Waals surface area contributed by atoms with Crippen molar-refractivity contribution in [3.8, 4) is 11.4 Å². The monoisotopic (exact) mass is 412 g/mol. The molecule has 0 bridgehead atoms. The molecule has 0 saturated heterocycles. The molecule has 3 rings (SSSR count). The standard InChI is InChI=1S/C21H21ClN4O3/c1-14-11-18(24-26(14)16-7-5-4-6-8-16)21(28)25(2)13-20(27)23-17-12-15(22)9-10-19(17)29-3/h4-12H,13H2,1-3H3,(H,23,27). The quantitative estimate of drug-likeness (QED) is 0.671. The van der Waals surface area contributed by atoms with Crippen molar-refractivity contribution in [1.82, 2.24) is 14.7 Å². The fraction of sp³-hybridized carbons (Fsp3) is 0.190. The summed E-state index contributed by atoms with van der Waals surface area (Å²) < 4.78 is 6.91. The fourth-order valence-electron chi connectivity index (χ4n) is 2.86. The minimum atomic E-state index is -0.374. The molecule has 7 nitrogen and oxygen atoms in total. The molecule has 8 heteroatoms. The molecular formula is C21H21ClN4O3. The van der Waals surface area contributed by atoms with Crippen LogP contribution >= 0.6 is 11.6 Å². The summed E-state index contributed by atoms with van der Waals surface area (Å²) in [7, 11) is 3.05. The maximum atomic E-state index is 12.7. The van der Waals surface area contributed by atoms with Crippen molar-refractivity contribution >= 4 is 29.1 Å². The summed E-state index contributed by atoms with van der Waals surface area (Å²) in [5.74, 6) is -0.245. The van der Waals surface area contributed by atoms with Gasteiger partial charge in [-0.2, -0.15) is 5.10 Å². The molecule has 0 aliphatic heterocycles. The normalized spacial score (nSPS) is 10.5. The molecule has 1 N–H and O–H groups in total. The first-order valence-corrected chi connectivity index (χ1v) is 9.28. The first kappa shape index (κ1) is 20.4. The molecule has 2 aromatic carbocycles. The predicted octanol–water partition coefficient (Wildman–Crippen LogP) is 3.55. The lowest BCUT2D eigenvalue weighted by Crippen LogP contribution is -2.35. The third-order valence-corrected chi connectivity index (χ3v) is 4.51. The topological polar surface area (TPSA) is 76.5 Å². The average Bonchev–Trinajstić information content (AvgIpc) is 3.09. The van der Waals surface area contributed by atoms with Crippen LogP contribution < -0.4 is 10.1 Å². The second-order valence-corrected chi connectivity index (χ2v) is 6.91. The molecule has 0 aliphatic carbocycles. The Bertz CT molecular complexity index is 1030. The number of amides is 2. The van der Waals surface area contributed by atoms with E-state index in [2.05, 4.69) is 10.4 Å². The molecule has 0 saturated carbocycles. The number of aryl methyl sites for hydroxylation is 1. The van der Waals surface area contributed by atoms with Gasteiger partial charge in [-0.3, -0.25) is 9.59 Å². The first-order chi connectivity index (χ1) is 13.9. The second-order valence-electron chi connectivity index (χ2n) is 6.47. The van der Waals surface area contributed by atoms with Gasteiger partial charge < -0.3 is 15.0 Å². The zero-order valence-electron chi connectivity index (χ0n) is 16.3. The Morgan fingerprint density at radius 1 is 1.17 bits per heavy atom. The van der Waals surface area contributed by atoms with E-state index in [-0.39, 0.29) is 24.1 Å². The molecule has 2 amide bonds. The van der Waals surface area contributed by atoms with Crippen LogP contribution in [0.15, 0.2) is 54.6 Å². The largest absolute Gasteiger partial charge is 0.495 e. The molecule has 1 aromatic heterocycles. The van der Waals surface area contributed by atoms with Crippen LogP contribution in [0.25, 0.3) is 5.69 Å². The van der Waals surface area contributed by atoms with Crippen LogP contribution in [0.4, 0.5) is 5.69 Å². The molecule has 0 atom stereocenters. The number of carbonyl (C=O) groups is 2. The Morgan fingerprint density at radius 2 is 1.90 bits per heavy atom. The van der Waals surface area contributed by atoms with Gasteiger partial charge in [-0.1, -0.05) is 29.8 Å². The van der Waals surface area contributed by atoms with Gasteiger partial charge in [0, 0.05) is 17.8 Å². The average molecular weight is 413 g/mol. The highest BCUT2D eigenvalue weighted by molar-refractivity contribution is 6.31. The lowest BCUT2D eigenvalue weighted by molar-refractivity contribution is -0.116. The smallest absolute Gasteiger partial charge is 0.274 e. The van der Waals surface area contributed by atoms with E-state index in [1.54, 1.807) is 36.0 Å². The maximum Gasteiger partial charge on any atom is 0.274 e. The number of anilines is 1. The van der Waals surface area contributed by atoms with Crippen LogP contribution in [-0.4, -0.2) is 47.2 Å². The van der Waals surface area contributed by atoms with Crippen molar-refractivity contribution in [2.45, 2.75) is 6.92 Å². The van der Waals surface area contributed by atoms with Crippen LogP contribution in [0.1, 0.15) is 16.2 Å². The Hall–Kier alpha value is -3.32. The Balaban J connectivity index is 1.70. The van der Waals surface area contributed by atoms with E-state index in [4.69, 9.17) is 16.3 Å². The summed E-state index contributed by atoms with van der Waals surface area (Å²) in [6.45, 7) is 1.72. The van der Waals surface area contributed by atoms with Crippen molar-refractivity contribution in [1.29, 1.82) is 0 Å². The summed E-state index contributed by atoms with van der Waals surface area (Å²) in [5.41, 5.74) is 2.38. The maximum absolute atomic E-state index is 12.7. The number of hydrogen-bond donors (Lipinski definition) is 1. The predicted molar refractivity (Wildman–Crippen MR) is 112 cm³/mol. The van der Waals surface area contributed by atoms with Crippen LogP contribution in [-0.2, 0) is 4.79 Å². The number of para-hydroxylation sites is 1. The van der Waals surface area contributed by atoms with Crippen LogP contribution in [0.3, 0.4) is 0 Å². The zero-order chi connectivity index (χ0) is 21.0. The molecule has 0 radical (unpaired) electrons. The van der Waals surface area contributed by atoms with E-state index < -0.39 is 0 Å². The number of carbonyl (C=O) groups excluding carboxylic acids is 2. The van der Waals surface area contributed by atoms with Crippen LogP contribution in [0.2, 0.25) is 5.02 Å². The van der Waals surface area contributed by atoms with Gasteiger partial charge in [0.2, 0.25) is 5.91 Å². The van der Waals surface area contributed by atoms with Crippen molar-refractivity contribution in [3.05, 3.63) is 71.0 Å². The number of methoxy groups -OCH3 is 1. The number of rotatable bonds is 6. The molecular weight excluding hydrogens is 392 g/mol. The molecule has 0 fully saturated rings. The van der Waals surface area contributed by atoms with Crippen molar-refractivity contribution < 1.29 is 14.3 Å². The molecule has 0 aliphatic rings. The van der Waals surface area contributed by atoms with Gasteiger partial charge >= 0.3 is 0 Å². The third kappa shape index (κ3) is 4.75. The van der Waals surface area contributed by atoms with Crippen molar-refractivity contribution in [2.75, 3.05) is 26.0 Å². The highest BCUT2D eigenvalue weighted by Gasteiger charge is 2.20. The highest BCUT2D eigenvalue weighted by atomic mass is 35.5. The summed E-state index contributed by atoms with van der Waals surface area (Å²) in [4.78, 5) is 26.4. The summed E-state index contributed by atoms with van der Waals surface area (Å²) in [6, 6.07) is 16.1. The first-order valence-electron chi connectivity index (χ1n) is 8.90. The van der Waals surface area contributed by atoms with Gasteiger partial charge in [0.15, 0.2) is 5.69 Å². The van der Waals surface area contributed by atoms with Crippen molar-refractivity contribution in [2.24, 2.45) is 0 Å². The Kier molecular flexibility index (Phi) is 6.19. The molecule has 29 heavy (non-hydrogen) atoms. The number of likely N-dealkylation sites (N-methyl/N-ethyl adjacent to an activating group) is 1. The molecule has 0 unspecified atom stereocenters. The minimum Gasteiger partial charge on any atom is -0.495 e. The number of halogens is 1. The highest BCUT2D eigenvalue weighted by Crippen LogP contribution is 2.27. The summed E-state index contributed by atoms with van der Waals surface area (Å²) >= 11 is 5.98. The molecule has 150 valence electrons. The van der Waals surface area contributed by atoms with Gasteiger partial charge in [0.25, 0.3) is 5.91 Å². The lowest BCUT2D eigenvalue weighted by Gasteiger charge is -2.16. The Labute approximate surface area is 173 Å². The zero-order valence-corrected chi connectivity index (χ0v) is 17.1. The number of hydrogen-bond acceptors (Lipinski definition) is 4. The molecule has 3 aromatic rings. The van der Waals surface area contributed by atoms with Gasteiger partial charge in [-0.15, -0.1) is 0 Å².